The van der Waals surface area contributed by atoms with Crippen LogP contribution in [0.4, 0.5) is 0 Å². The first-order valence-corrected chi connectivity index (χ1v) is 14.8. The lowest BCUT2D eigenvalue weighted by atomic mass is 9.95. The van der Waals surface area contributed by atoms with Gasteiger partial charge in [0, 0.05) is 12.1 Å². The number of Topliss-reactive ketones (excluding diaryl/α,β-unsaturated/α-hetero) is 1. The van der Waals surface area contributed by atoms with Gasteiger partial charge in [-0.15, -0.1) is 0 Å². The number of nitrogens with zero attached hydrogens (tertiary/aromatic N) is 2. The number of hydrogen-bond acceptors (Lipinski definition) is 7. The maximum absolute atomic E-state index is 13.5. The molecule has 0 bridgehead atoms. The van der Waals surface area contributed by atoms with Crippen molar-refractivity contribution in [2.75, 3.05) is 46.5 Å². The van der Waals surface area contributed by atoms with Gasteiger partial charge in [-0.2, -0.15) is 0 Å². The van der Waals surface area contributed by atoms with E-state index in [4.69, 9.17) is 14.2 Å². The van der Waals surface area contributed by atoms with E-state index in [9.17, 15) is 14.7 Å². The Morgan fingerprint density at radius 1 is 1.00 bits per heavy atom. The molecule has 0 aromatic heterocycles. The first-order chi connectivity index (χ1) is 19.7. The van der Waals surface area contributed by atoms with Crippen molar-refractivity contribution < 1.29 is 28.9 Å². The van der Waals surface area contributed by atoms with Crippen LogP contribution in [0.3, 0.4) is 0 Å². The van der Waals surface area contributed by atoms with Crippen LogP contribution in [0.5, 0.6) is 17.2 Å². The largest absolute Gasteiger partial charge is 0.507 e. The number of likely N-dealkylation sites (tertiary alicyclic amines) is 1. The second-order valence-corrected chi connectivity index (χ2v) is 10.7. The summed E-state index contributed by atoms with van der Waals surface area (Å²) in [6.45, 7) is 14.6. The molecule has 1 fully saturated rings. The third-order valence-corrected chi connectivity index (χ3v) is 7.34. The summed E-state index contributed by atoms with van der Waals surface area (Å²) in [5, 5.41) is 11.5. The summed E-state index contributed by atoms with van der Waals surface area (Å²) >= 11 is 0. The van der Waals surface area contributed by atoms with Gasteiger partial charge in [-0.05, 0) is 74.6 Å². The fraction of sp³-hybridized carbons (Fsp3) is 0.515. The van der Waals surface area contributed by atoms with Crippen LogP contribution in [0.15, 0.2) is 48.0 Å². The van der Waals surface area contributed by atoms with E-state index in [1.807, 2.05) is 19.1 Å². The number of aliphatic hydroxyl groups excluding tert-OH is 1. The second-order valence-electron chi connectivity index (χ2n) is 10.7. The summed E-state index contributed by atoms with van der Waals surface area (Å²) in [6, 6.07) is 11.7. The molecule has 224 valence electrons. The number of ether oxygens (including phenoxy) is 3. The van der Waals surface area contributed by atoms with Crippen LogP contribution in [0, 0.1) is 5.92 Å². The minimum atomic E-state index is -0.773. The minimum Gasteiger partial charge on any atom is -0.507 e. The summed E-state index contributed by atoms with van der Waals surface area (Å²) in [7, 11) is 1.57. The van der Waals surface area contributed by atoms with Crippen LogP contribution in [0.1, 0.15) is 71.0 Å². The number of carbonyl (C=O) groups excluding carboxylic acids is 2. The van der Waals surface area contributed by atoms with Crippen LogP contribution in [-0.2, 0) is 9.59 Å². The molecule has 1 saturated heterocycles. The number of amides is 1. The lowest BCUT2D eigenvalue weighted by molar-refractivity contribution is -0.140. The summed E-state index contributed by atoms with van der Waals surface area (Å²) in [5.41, 5.74) is 1.14. The number of ketones is 1. The molecule has 1 amide bonds. The van der Waals surface area contributed by atoms with Gasteiger partial charge in [-0.1, -0.05) is 52.8 Å². The molecule has 41 heavy (non-hydrogen) atoms. The van der Waals surface area contributed by atoms with Gasteiger partial charge < -0.3 is 29.1 Å². The molecule has 1 aliphatic rings. The van der Waals surface area contributed by atoms with Crippen molar-refractivity contribution in [1.29, 1.82) is 0 Å². The van der Waals surface area contributed by atoms with Crippen LogP contribution >= 0.6 is 0 Å². The molecule has 1 aliphatic heterocycles. The Morgan fingerprint density at radius 2 is 1.76 bits per heavy atom. The lowest BCUT2D eigenvalue weighted by Crippen LogP contribution is -2.33. The highest BCUT2D eigenvalue weighted by Gasteiger charge is 2.46. The van der Waals surface area contributed by atoms with E-state index in [2.05, 4.69) is 32.6 Å². The van der Waals surface area contributed by atoms with Crippen molar-refractivity contribution in [2.24, 2.45) is 5.92 Å². The smallest absolute Gasteiger partial charge is 0.295 e. The van der Waals surface area contributed by atoms with Crippen molar-refractivity contribution in [3.05, 3.63) is 59.2 Å². The highest BCUT2D eigenvalue weighted by Crippen LogP contribution is 2.42. The third kappa shape index (κ3) is 8.03. The van der Waals surface area contributed by atoms with Crippen molar-refractivity contribution in [1.82, 2.24) is 9.80 Å². The van der Waals surface area contributed by atoms with Crippen molar-refractivity contribution >= 4 is 17.4 Å². The maximum atomic E-state index is 13.5. The van der Waals surface area contributed by atoms with Crippen LogP contribution in [-0.4, -0.2) is 73.1 Å². The van der Waals surface area contributed by atoms with Crippen molar-refractivity contribution in [3.8, 4) is 17.2 Å². The van der Waals surface area contributed by atoms with Gasteiger partial charge in [-0.25, -0.2) is 0 Å². The van der Waals surface area contributed by atoms with Gasteiger partial charge in [0.15, 0.2) is 11.5 Å². The Morgan fingerprint density at radius 3 is 2.41 bits per heavy atom. The summed E-state index contributed by atoms with van der Waals surface area (Å²) in [4.78, 5) is 30.8. The molecule has 0 radical (unpaired) electrons. The zero-order chi connectivity index (χ0) is 29.9. The Labute approximate surface area is 244 Å². The highest BCUT2D eigenvalue weighted by molar-refractivity contribution is 6.46. The molecule has 0 saturated carbocycles. The van der Waals surface area contributed by atoms with Crippen LogP contribution < -0.4 is 14.2 Å². The van der Waals surface area contributed by atoms with Crippen LogP contribution in [0.25, 0.3) is 5.76 Å². The molecule has 0 spiro atoms. The van der Waals surface area contributed by atoms with Gasteiger partial charge in [0.2, 0.25) is 0 Å². The van der Waals surface area contributed by atoms with Gasteiger partial charge in [-0.3, -0.25) is 9.59 Å². The monoisotopic (exact) mass is 566 g/mol. The van der Waals surface area contributed by atoms with Gasteiger partial charge >= 0.3 is 0 Å². The molecule has 1 atom stereocenters. The van der Waals surface area contributed by atoms with E-state index in [1.165, 1.54) is 0 Å². The maximum Gasteiger partial charge on any atom is 0.295 e. The fourth-order valence-corrected chi connectivity index (χ4v) is 4.95. The predicted molar refractivity (Wildman–Crippen MR) is 162 cm³/mol. The molecule has 0 aliphatic carbocycles. The number of methoxy groups -OCH3 is 1. The highest BCUT2D eigenvalue weighted by atomic mass is 16.5. The molecule has 2 aromatic carbocycles. The second kappa shape index (κ2) is 15.5. The number of benzene rings is 2. The minimum absolute atomic E-state index is 0.0565. The normalized spacial score (nSPS) is 16.6. The zero-order valence-corrected chi connectivity index (χ0v) is 25.4. The van der Waals surface area contributed by atoms with E-state index in [0.717, 1.165) is 32.5 Å². The first kappa shape index (κ1) is 32.0. The summed E-state index contributed by atoms with van der Waals surface area (Å²) in [5.74, 6) is 0.647. The van der Waals surface area contributed by atoms with E-state index >= 15 is 0 Å². The molecular formula is C33H46N2O6. The Bertz CT molecular complexity index is 1200. The van der Waals surface area contributed by atoms with E-state index < -0.39 is 17.7 Å². The van der Waals surface area contributed by atoms with Gasteiger partial charge in [0.25, 0.3) is 11.7 Å². The SMILES string of the molecule is CCCOc1cccc(C(O)=C2C(=O)C(=O)N(CCCN(CC)CC)C2c2ccc(OCCC(C)C)c(OC)c2)c1. The average Bonchev–Trinajstić information content (AvgIpc) is 3.23. The average molecular weight is 567 g/mol. The topological polar surface area (TPSA) is 88.5 Å². The van der Waals surface area contributed by atoms with Gasteiger partial charge in [0.05, 0.1) is 31.9 Å². The molecular weight excluding hydrogens is 520 g/mol. The van der Waals surface area contributed by atoms with Crippen molar-refractivity contribution in [2.45, 2.75) is 59.9 Å². The molecule has 1 heterocycles. The number of hydrogen-bond donors (Lipinski definition) is 1. The Kier molecular flexibility index (Phi) is 12.1. The summed E-state index contributed by atoms with van der Waals surface area (Å²) in [6.07, 6.45) is 2.44. The number of carbonyl (C=O) groups is 2. The zero-order valence-electron chi connectivity index (χ0n) is 25.4. The Hall–Kier alpha value is -3.52. The molecule has 1 unspecified atom stereocenters. The molecule has 8 nitrogen and oxygen atoms in total. The van der Waals surface area contributed by atoms with Crippen LogP contribution in [0.2, 0.25) is 0 Å². The molecule has 8 heteroatoms. The third-order valence-electron chi connectivity index (χ3n) is 7.34. The van der Waals surface area contributed by atoms with Crippen molar-refractivity contribution in [3.63, 3.8) is 0 Å². The standard InChI is InChI=1S/C33H46N2O6/c1-7-19-40-26-13-10-12-25(21-26)31(36)29-30(35(33(38)32(29)37)18-11-17-34(8-2)9-3)24-14-15-27(28(22-24)39-6)41-20-16-23(4)5/h10,12-15,21-23,30,36H,7-9,11,16-20H2,1-6H3. The first-order valence-electron chi connectivity index (χ1n) is 14.8. The van der Waals surface area contributed by atoms with E-state index in [1.54, 1.807) is 42.3 Å². The van der Waals surface area contributed by atoms with Gasteiger partial charge in [0.1, 0.15) is 11.5 Å². The number of aliphatic hydroxyl groups is 1. The molecule has 3 rings (SSSR count). The van der Waals surface area contributed by atoms with E-state index in [0.29, 0.717) is 60.5 Å². The molecule has 1 N–H and O–H groups in total. The van der Waals surface area contributed by atoms with E-state index in [-0.39, 0.29) is 11.3 Å². The number of rotatable bonds is 16. The molecule has 2 aromatic rings. The quantitative estimate of drug-likeness (QED) is 0.150. The lowest BCUT2D eigenvalue weighted by Gasteiger charge is -2.27. The Balaban J connectivity index is 2.05. The fourth-order valence-electron chi connectivity index (χ4n) is 4.95. The predicted octanol–water partition coefficient (Wildman–Crippen LogP) is 6.06. The summed E-state index contributed by atoms with van der Waals surface area (Å²) < 4.78 is 17.4.